The molecule has 0 heterocycles. The fourth-order valence-electron chi connectivity index (χ4n) is 2.34. The number of rotatable bonds is 3. The van der Waals surface area contributed by atoms with Crippen LogP contribution in [0.1, 0.15) is 52.9 Å². The highest BCUT2D eigenvalue weighted by Crippen LogP contribution is 2.43. The van der Waals surface area contributed by atoms with Crippen LogP contribution in [0, 0.1) is 11.3 Å². The highest BCUT2D eigenvalue weighted by molar-refractivity contribution is 5.81. The van der Waals surface area contributed by atoms with Crippen molar-refractivity contribution in [3.63, 3.8) is 0 Å². The minimum Gasteiger partial charge on any atom is -0.299 e. The molecule has 1 unspecified atom stereocenters. The Morgan fingerprint density at radius 1 is 1.50 bits per heavy atom. The summed E-state index contributed by atoms with van der Waals surface area (Å²) in [4.78, 5) is 11.7. The van der Waals surface area contributed by atoms with Gasteiger partial charge in [-0.3, -0.25) is 4.79 Å². The molecule has 1 heteroatoms. The summed E-state index contributed by atoms with van der Waals surface area (Å²) in [6.07, 6.45) is 5.39. The molecule has 12 heavy (non-hydrogen) atoms. The Hall–Kier alpha value is -0.330. The van der Waals surface area contributed by atoms with Crippen molar-refractivity contribution in [2.75, 3.05) is 0 Å². The van der Waals surface area contributed by atoms with Crippen molar-refractivity contribution < 1.29 is 4.79 Å². The quantitative estimate of drug-likeness (QED) is 0.632. The van der Waals surface area contributed by atoms with Gasteiger partial charge in [0, 0.05) is 12.3 Å². The van der Waals surface area contributed by atoms with Crippen molar-refractivity contribution in [2.45, 2.75) is 52.9 Å². The van der Waals surface area contributed by atoms with Gasteiger partial charge in [0.25, 0.3) is 0 Å². The first-order valence-electron chi connectivity index (χ1n) is 5.10. The molecule has 0 saturated heterocycles. The fourth-order valence-corrected chi connectivity index (χ4v) is 2.34. The van der Waals surface area contributed by atoms with Gasteiger partial charge in [0.05, 0.1) is 0 Å². The predicted octanol–water partition coefficient (Wildman–Crippen LogP) is 3.18. The molecule has 1 nitrogen and oxygen atoms in total. The lowest BCUT2D eigenvalue weighted by molar-refractivity contribution is -0.125. The molecule has 1 rings (SSSR count). The molecule has 0 aromatic heterocycles. The standard InChI is InChI=1S/C11H20O/c1-4-6-10(12)9-7-5-8-11(9,2)3/h9H,4-8H2,1-3H3. The third-order valence-electron chi connectivity index (χ3n) is 3.14. The van der Waals surface area contributed by atoms with Crippen LogP contribution in [0.25, 0.3) is 0 Å². The van der Waals surface area contributed by atoms with Crippen LogP contribution in [-0.2, 0) is 4.79 Å². The highest BCUT2D eigenvalue weighted by atomic mass is 16.1. The summed E-state index contributed by atoms with van der Waals surface area (Å²) < 4.78 is 0. The Labute approximate surface area is 75.5 Å². The van der Waals surface area contributed by atoms with E-state index in [2.05, 4.69) is 20.8 Å². The molecule has 0 N–H and O–H groups in total. The van der Waals surface area contributed by atoms with Gasteiger partial charge in [0.1, 0.15) is 5.78 Å². The van der Waals surface area contributed by atoms with Gasteiger partial charge in [-0.1, -0.05) is 27.2 Å². The van der Waals surface area contributed by atoms with Crippen molar-refractivity contribution in [3.05, 3.63) is 0 Å². The zero-order valence-electron chi connectivity index (χ0n) is 8.52. The first-order valence-corrected chi connectivity index (χ1v) is 5.10. The lowest BCUT2D eigenvalue weighted by Crippen LogP contribution is -2.25. The summed E-state index contributed by atoms with van der Waals surface area (Å²) >= 11 is 0. The zero-order valence-corrected chi connectivity index (χ0v) is 8.52. The van der Waals surface area contributed by atoms with Crippen LogP contribution >= 0.6 is 0 Å². The van der Waals surface area contributed by atoms with Crippen molar-refractivity contribution in [1.82, 2.24) is 0 Å². The molecule has 0 bridgehead atoms. The number of carbonyl (C=O) groups excluding carboxylic acids is 1. The molecule has 0 aromatic carbocycles. The van der Waals surface area contributed by atoms with Crippen molar-refractivity contribution >= 4 is 5.78 Å². The number of ketones is 1. The monoisotopic (exact) mass is 168 g/mol. The topological polar surface area (TPSA) is 17.1 Å². The Bertz CT molecular complexity index is 170. The smallest absolute Gasteiger partial charge is 0.136 e. The predicted molar refractivity (Wildman–Crippen MR) is 51.0 cm³/mol. The van der Waals surface area contributed by atoms with Crippen LogP contribution in [-0.4, -0.2) is 5.78 Å². The van der Waals surface area contributed by atoms with Gasteiger partial charge >= 0.3 is 0 Å². The van der Waals surface area contributed by atoms with E-state index in [1.54, 1.807) is 0 Å². The Morgan fingerprint density at radius 2 is 2.17 bits per heavy atom. The second-order valence-corrected chi connectivity index (χ2v) is 4.65. The van der Waals surface area contributed by atoms with E-state index in [4.69, 9.17) is 0 Å². The third kappa shape index (κ3) is 1.88. The first-order chi connectivity index (χ1) is 5.58. The van der Waals surface area contributed by atoms with E-state index in [9.17, 15) is 4.79 Å². The Kier molecular flexibility index (Phi) is 2.92. The van der Waals surface area contributed by atoms with E-state index in [-0.39, 0.29) is 5.41 Å². The summed E-state index contributed by atoms with van der Waals surface area (Å²) in [5.74, 6) is 0.859. The molecule has 1 atom stereocenters. The number of carbonyl (C=O) groups is 1. The molecular formula is C11H20O. The van der Waals surface area contributed by atoms with Crippen molar-refractivity contribution in [3.8, 4) is 0 Å². The van der Waals surface area contributed by atoms with Crippen molar-refractivity contribution in [2.24, 2.45) is 11.3 Å². The Balaban J connectivity index is 2.56. The van der Waals surface area contributed by atoms with Gasteiger partial charge in [0.2, 0.25) is 0 Å². The lowest BCUT2D eigenvalue weighted by Gasteiger charge is -2.25. The van der Waals surface area contributed by atoms with Gasteiger partial charge in [-0.05, 0) is 24.7 Å². The van der Waals surface area contributed by atoms with Crippen LogP contribution in [0.2, 0.25) is 0 Å². The van der Waals surface area contributed by atoms with Crippen molar-refractivity contribution in [1.29, 1.82) is 0 Å². The highest BCUT2D eigenvalue weighted by Gasteiger charge is 2.38. The largest absolute Gasteiger partial charge is 0.299 e. The van der Waals surface area contributed by atoms with E-state index in [0.717, 1.165) is 19.3 Å². The number of hydrogen-bond acceptors (Lipinski definition) is 1. The summed E-state index contributed by atoms with van der Waals surface area (Å²) in [7, 11) is 0. The van der Waals surface area contributed by atoms with E-state index >= 15 is 0 Å². The lowest BCUT2D eigenvalue weighted by atomic mass is 9.78. The van der Waals surface area contributed by atoms with Gasteiger partial charge in [-0.15, -0.1) is 0 Å². The van der Waals surface area contributed by atoms with Crippen LogP contribution in [0.15, 0.2) is 0 Å². The average Bonchev–Trinajstić information content (AvgIpc) is 2.30. The summed E-state index contributed by atoms with van der Waals surface area (Å²) in [5.41, 5.74) is 0.284. The third-order valence-corrected chi connectivity index (χ3v) is 3.14. The average molecular weight is 168 g/mol. The van der Waals surface area contributed by atoms with Crippen LogP contribution in [0.4, 0.5) is 0 Å². The molecule has 1 saturated carbocycles. The second-order valence-electron chi connectivity index (χ2n) is 4.65. The van der Waals surface area contributed by atoms with Gasteiger partial charge in [-0.25, -0.2) is 0 Å². The maximum atomic E-state index is 11.7. The number of Topliss-reactive ketones (excluding diaryl/α,β-unsaturated/α-hetero) is 1. The molecule has 1 aliphatic rings. The minimum absolute atomic E-state index is 0.284. The normalized spacial score (nSPS) is 27.4. The molecule has 1 aliphatic carbocycles. The maximum absolute atomic E-state index is 11.7. The fraction of sp³-hybridized carbons (Fsp3) is 0.909. The molecular weight excluding hydrogens is 148 g/mol. The number of hydrogen-bond donors (Lipinski definition) is 0. The van der Waals surface area contributed by atoms with E-state index in [1.165, 1.54) is 12.8 Å². The van der Waals surface area contributed by atoms with Gasteiger partial charge < -0.3 is 0 Å². The van der Waals surface area contributed by atoms with Crippen LogP contribution < -0.4 is 0 Å². The molecule has 0 radical (unpaired) electrons. The second kappa shape index (κ2) is 3.59. The molecule has 1 fully saturated rings. The molecule has 0 spiro atoms. The molecule has 70 valence electrons. The summed E-state index contributed by atoms with van der Waals surface area (Å²) in [5, 5.41) is 0. The van der Waals surface area contributed by atoms with E-state index < -0.39 is 0 Å². The van der Waals surface area contributed by atoms with Crippen LogP contribution in [0.3, 0.4) is 0 Å². The maximum Gasteiger partial charge on any atom is 0.136 e. The van der Waals surface area contributed by atoms with E-state index in [1.807, 2.05) is 0 Å². The molecule has 0 amide bonds. The van der Waals surface area contributed by atoms with Gasteiger partial charge in [-0.2, -0.15) is 0 Å². The minimum atomic E-state index is 0.284. The van der Waals surface area contributed by atoms with Crippen LogP contribution in [0.5, 0.6) is 0 Å². The molecule has 0 aromatic rings. The Morgan fingerprint density at radius 3 is 2.58 bits per heavy atom. The summed E-state index contributed by atoms with van der Waals surface area (Å²) in [6.45, 7) is 6.55. The SMILES string of the molecule is CCCC(=O)C1CCCC1(C)C. The molecule has 0 aliphatic heterocycles. The zero-order chi connectivity index (χ0) is 9.19. The van der Waals surface area contributed by atoms with E-state index in [0.29, 0.717) is 11.7 Å². The summed E-state index contributed by atoms with van der Waals surface area (Å²) in [6, 6.07) is 0. The van der Waals surface area contributed by atoms with Gasteiger partial charge in [0.15, 0.2) is 0 Å². The first kappa shape index (κ1) is 9.76.